The molecule has 1 aliphatic heterocycles. The monoisotopic (exact) mass is 239 g/mol. The number of nitrogens with zero attached hydrogens (tertiary/aromatic N) is 2. The van der Waals surface area contributed by atoms with Gasteiger partial charge in [-0.05, 0) is 20.8 Å². The van der Waals surface area contributed by atoms with E-state index < -0.39 is 0 Å². The van der Waals surface area contributed by atoms with Gasteiger partial charge >= 0.3 is 0 Å². The molecule has 0 atom stereocenters. The van der Waals surface area contributed by atoms with Crippen molar-refractivity contribution >= 4 is 17.2 Å². The van der Waals surface area contributed by atoms with Gasteiger partial charge in [-0.3, -0.25) is 4.79 Å². The minimum atomic E-state index is -0.119. The third-order valence-corrected chi connectivity index (χ3v) is 3.90. The van der Waals surface area contributed by atoms with Gasteiger partial charge in [-0.15, -0.1) is 11.3 Å². The number of nitrogens with one attached hydrogen (secondary N) is 1. The molecule has 1 saturated heterocycles. The molecule has 2 rings (SSSR count). The summed E-state index contributed by atoms with van der Waals surface area (Å²) >= 11 is 1.43. The molecule has 0 unspecified atom stereocenters. The Morgan fingerprint density at radius 2 is 2.38 bits per heavy atom. The highest BCUT2D eigenvalue weighted by Crippen LogP contribution is 2.22. The zero-order valence-electron chi connectivity index (χ0n) is 9.91. The van der Waals surface area contributed by atoms with Crippen molar-refractivity contribution in [2.24, 2.45) is 0 Å². The molecular formula is C11H17N3OS. The van der Waals surface area contributed by atoms with Gasteiger partial charge < -0.3 is 10.2 Å². The van der Waals surface area contributed by atoms with Gasteiger partial charge in [0.25, 0.3) is 5.91 Å². The van der Waals surface area contributed by atoms with Crippen LogP contribution in [0.5, 0.6) is 0 Å². The summed E-state index contributed by atoms with van der Waals surface area (Å²) in [6, 6.07) is 0. The molecule has 1 fully saturated rings. The predicted molar refractivity (Wildman–Crippen MR) is 64.8 cm³/mol. The Kier molecular flexibility index (Phi) is 2.99. The first-order valence-electron chi connectivity index (χ1n) is 5.45. The Morgan fingerprint density at radius 3 is 2.94 bits per heavy atom. The van der Waals surface area contributed by atoms with Gasteiger partial charge in [0.1, 0.15) is 4.88 Å². The van der Waals surface area contributed by atoms with E-state index in [4.69, 9.17) is 0 Å². The van der Waals surface area contributed by atoms with Crippen LogP contribution in [0.2, 0.25) is 0 Å². The van der Waals surface area contributed by atoms with E-state index in [1.165, 1.54) is 11.3 Å². The molecule has 0 aromatic carbocycles. The average Bonchev–Trinajstić information content (AvgIpc) is 2.63. The van der Waals surface area contributed by atoms with Crippen molar-refractivity contribution in [2.75, 3.05) is 19.6 Å². The van der Waals surface area contributed by atoms with E-state index in [-0.39, 0.29) is 11.4 Å². The van der Waals surface area contributed by atoms with Gasteiger partial charge in [0.15, 0.2) is 0 Å². The highest BCUT2D eigenvalue weighted by atomic mass is 32.1. The van der Waals surface area contributed by atoms with E-state index >= 15 is 0 Å². The summed E-state index contributed by atoms with van der Waals surface area (Å²) in [5.41, 5.74) is 2.45. The van der Waals surface area contributed by atoms with Crippen molar-refractivity contribution < 1.29 is 4.79 Å². The Bertz CT molecular complexity index is 400. The van der Waals surface area contributed by atoms with Crippen molar-refractivity contribution in [1.29, 1.82) is 0 Å². The first-order chi connectivity index (χ1) is 7.52. The Balaban J connectivity index is 2.24. The number of thiazole rings is 1. The number of carbonyl (C=O) groups is 1. The number of aryl methyl sites for hydroxylation is 1. The zero-order chi connectivity index (χ0) is 11.8. The van der Waals surface area contributed by atoms with Crippen molar-refractivity contribution in [2.45, 2.75) is 26.3 Å². The van der Waals surface area contributed by atoms with Crippen molar-refractivity contribution in [3.8, 4) is 0 Å². The fourth-order valence-corrected chi connectivity index (χ4v) is 2.74. The molecule has 0 saturated carbocycles. The quantitative estimate of drug-likeness (QED) is 0.803. The van der Waals surface area contributed by atoms with Gasteiger partial charge in [0, 0.05) is 19.6 Å². The topological polar surface area (TPSA) is 45.2 Å². The van der Waals surface area contributed by atoms with Crippen LogP contribution in [-0.4, -0.2) is 41.0 Å². The van der Waals surface area contributed by atoms with Crippen molar-refractivity contribution in [3.63, 3.8) is 0 Å². The van der Waals surface area contributed by atoms with Crippen LogP contribution in [0.15, 0.2) is 5.51 Å². The molecule has 0 aliphatic carbocycles. The molecule has 0 bridgehead atoms. The third kappa shape index (κ3) is 1.97. The van der Waals surface area contributed by atoms with Gasteiger partial charge in [0.05, 0.1) is 16.7 Å². The summed E-state index contributed by atoms with van der Waals surface area (Å²) < 4.78 is 0. The molecule has 4 nitrogen and oxygen atoms in total. The van der Waals surface area contributed by atoms with Crippen LogP contribution < -0.4 is 5.32 Å². The van der Waals surface area contributed by atoms with Crippen LogP contribution in [0.3, 0.4) is 0 Å². The van der Waals surface area contributed by atoms with E-state index in [9.17, 15) is 4.79 Å². The number of hydrogen-bond donors (Lipinski definition) is 1. The van der Waals surface area contributed by atoms with Crippen LogP contribution >= 0.6 is 11.3 Å². The maximum atomic E-state index is 12.4. The van der Waals surface area contributed by atoms with Crippen molar-refractivity contribution in [1.82, 2.24) is 15.2 Å². The maximum Gasteiger partial charge on any atom is 0.266 e. The van der Waals surface area contributed by atoms with Gasteiger partial charge in [-0.25, -0.2) is 4.98 Å². The lowest BCUT2D eigenvalue weighted by atomic mass is 10.00. The first kappa shape index (κ1) is 11.5. The molecule has 1 N–H and O–H groups in total. The molecule has 1 aromatic heterocycles. The molecule has 0 radical (unpaired) electrons. The number of rotatable bonds is 1. The van der Waals surface area contributed by atoms with Gasteiger partial charge in [0.2, 0.25) is 0 Å². The van der Waals surface area contributed by atoms with E-state index in [2.05, 4.69) is 24.1 Å². The van der Waals surface area contributed by atoms with Crippen LogP contribution in [0.25, 0.3) is 0 Å². The SMILES string of the molecule is Cc1ncsc1C(=O)N1CCNCC1(C)C. The summed E-state index contributed by atoms with van der Waals surface area (Å²) in [5, 5.41) is 3.31. The van der Waals surface area contributed by atoms with E-state index in [1.807, 2.05) is 11.8 Å². The largest absolute Gasteiger partial charge is 0.330 e. The molecule has 88 valence electrons. The molecule has 5 heteroatoms. The van der Waals surface area contributed by atoms with Crippen molar-refractivity contribution in [3.05, 3.63) is 16.1 Å². The lowest BCUT2D eigenvalue weighted by Gasteiger charge is -2.42. The first-order valence-corrected chi connectivity index (χ1v) is 6.33. The van der Waals surface area contributed by atoms with Crippen LogP contribution in [-0.2, 0) is 0 Å². The fraction of sp³-hybridized carbons (Fsp3) is 0.636. The maximum absolute atomic E-state index is 12.4. The summed E-state index contributed by atoms with van der Waals surface area (Å²) in [4.78, 5) is 19.2. The second-order valence-corrected chi connectivity index (χ2v) is 5.57. The summed E-state index contributed by atoms with van der Waals surface area (Å²) in [6.45, 7) is 8.55. The highest BCUT2D eigenvalue weighted by Gasteiger charge is 2.34. The van der Waals surface area contributed by atoms with Crippen LogP contribution in [0.4, 0.5) is 0 Å². The summed E-state index contributed by atoms with van der Waals surface area (Å²) in [6.07, 6.45) is 0. The minimum Gasteiger partial charge on any atom is -0.330 e. The lowest BCUT2D eigenvalue weighted by molar-refractivity contribution is 0.0481. The molecule has 1 aromatic rings. The van der Waals surface area contributed by atoms with E-state index in [0.717, 1.165) is 30.2 Å². The third-order valence-electron chi connectivity index (χ3n) is 2.99. The number of carbonyl (C=O) groups excluding carboxylic acids is 1. The second-order valence-electron chi connectivity index (χ2n) is 4.71. The Morgan fingerprint density at radius 1 is 1.62 bits per heavy atom. The minimum absolute atomic E-state index is 0.117. The average molecular weight is 239 g/mol. The molecular weight excluding hydrogens is 222 g/mol. The second kappa shape index (κ2) is 4.14. The number of aromatic nitrogens is 1. The molecule has 2 heterocycles. The predicted octanol–water partition coefficient (Wildman–Crippen LogP) is 1.28. The molecule has 1 amide bonds. The van der Waals surface area contributed by atoms with E-state index in [1.54, 1.807) is 5.51 Å². The molecule has 0 spiro atoms. The number of amides is 1. The number of hydrogen-bond acceptors (Lipinski definition) is 4. The molecule has 16 heavy (non-hydrogen) atoms. The lowest BCUT2D eigenvalue weighted by Crippen LogP contribution is -2.59. The smallest absolute Gasteiger partial charge is 0.266 e. The van der Waals surface area contributed by atoms with Crippen LogP contribution in [0.1, 0.15) is 29.2 Å². The normalized spacial score (nSPS) is 19.8. The highest BCUT2D eigenvalue weighted by molar-refractivity contribution is 7.11. The fourth-order valence-electron chi connectivity index (χ4n) is 1.99. The van der Waals surface area contributed by atoms with Gasteiger partial charge in [-0.2, -0.15) is 0 Å². The standard InChI is InChI=1S/C11H17N3OS/c1-8-9(16-7-13-8)10(15)14-5-4-12-6-11(14,2)3/h7,12H,4-6H2,1-3H3. The van der Waals surface area contributed by atoms with Gasteiger partial charge in [-0.1, -0.05) is 0 Å². The Hall–Kier alpha value is -0.940. The summed E-state index contributed by atoms with van der Waals surface area (Å²) in [7, 11) is 0. The summed E-state index contributed by atoms with van der Waals surface area (Å²) in [5.74, 6) is 0.117. The Labute approximate surface area is 99.7 Å². The van der Waals surface area contributed by atoms with Crippen LogP contribution in [0, 0.1) is 6.92 Å². The van der Waals surface area contributed by atoms with E-state index in [0.29, 0.717) is 0 Å². The number of piperazine rings is 1. The zero-order valence-corrected chi connectivity index (χ0v) is 10.7. The molecule has 1 aliphatic rings.